The molecule has 0 saturated carbocycles. The van der Waals surface area contributed by atoms with Crippen LogP contribution >= 0.6 is 11.8 Å². The molecule has 0 aliphatic carbocycles. The fourth-order valence-electron chi connectivity index (χ4n) is 3.92. The van der Waals surface area contributed by atoms with Crippen LogP contribution in [0.1, 0.15) is 28.9 Å². The molecule has 34 heavy (non-hydrogen) atoms. The first-order valence-corrected chi connectivity index (χ1v) is 11.8. The monoisotopic (exact) mass is 471 g/mol. The van der Waals surface area contributed by atoms with E-state index in [1.807, 2.05) is 49.4 Å². The van der Waals surface area contributed by atoms with Crippen molar-refractivity contribution >= 4 is 40.0 Å². The summed E-state index contributed by atoms with van der Waals surface area (Å²) in [5, 5.41) is 3.73. The zero-order valence-corrected chi connectivity index (χ0v) is 19.2. The predicted molar refractivity (Wildman–Crippen MR) is 132 cm³/mol. The second kappa shape index (κ2) is 9.15. The third-order valence-electron chi connectivity index (χ3n) is 5.71. The molecule has 0 bridgehead atoms. The van der Waals surface area contributed by atoms with Crippen molar-refractivity contribution in [1.82, 2.24) is 9.55 Å². The first-order valence-electron chi connectivity index (χ1n) is 10.8. The first-order chi connectivity index (χ1) is 16.5. The smallest absolute Gasteiger partial charge is 0.262 e. The maximum Gasteiger partial charge on any atom is 0.262 e. The van der Waals surface area contributed by atoms with Gasteiger partial charge in [-0.3, -0.25) is 19.0 Å². The SMILES string of the molecule is CC(c1ccccc1)n1c(SCC(=O)c2ccc3c(c2)NC(=O)CO3)nc2ccccc2c1=O. The van der Waals surface area contributed by atoms with E-state index in [-0.39, 0.29) is 35.7 Å². The minimum Gasteiger partial charge on any atom is -0.482 e. The minimum absolute atomic E-state index is 0.0408. The van der Waals surface area contributed by atoms with Crippen molar-refractivity contribution in [3.8, 4) is 5.75 Å². The zero-order valence-electron chi connectivity index (χ0n) is 18.4. The minimum atomic E-state index is -0.264. The van der Waals surface area contributed by atoms with Crippen LogP contribution in [-0.4, -0.2) is 33.6 Å². The summed E-state index contributed by atoms with van der Waals surface area (Å²) in [5.74, 6) is 0.213. The molecule has 0 saturated heterocycles. The highest BCUT2D eigenvalue weighted by Crippen LogP contribution is 2.30. The molecule has 1 aliphatic rings. The fourth-order valence-corrected chi connectivity index (χ4v) is 4.89. The zero-order chi connectivity index (χ0) is 23.7. The number of hydrogen-bond donors (Lipinski definition) is 1. The molecule has 8 heteroatoms. The van der Waals surface area contributed by atoms with Crippen molar-refractivity contribution in [2.75, 3.05) is 17.7 Å². The Bertz CT molecular complexity index is 1470. The lowest BCUT2D eigenvalue weighted by molar-refractivity contribution is -0.118. The highest BCUT2D eigenvalue weighted by atomic mass is 32.2. The highest BCUT2D eigenvalue weighted by Gasteiger charge is 2.21. The molecule has 0 fully saturated rings. The number of para-hydroxylation sites is 1. The van der Waals surface area contributed by atoms with E-state index in [9.17, 15) is 14.4 Å². The van der Waals surface area contributed by atoms with Crippen molar-refractivity contribution in [2.24, 2.45) is 0 Å². The Kier molecular flexibility index (Phi) is 5.90. The number of thioether (sulfide) groups is 1. The van der Waals surface area contributed by atoms with Crippen LogP contribution in [0.2, 0.25) is 0 Å². The molecule has 170 valence electrons. The summed E-state index contributed by atoms with van der Waals surface area (Å²) in [6.45, 7) is 1.91. The van der Waals surface area contributed by atoms with E-state index in [1.54, 1.807) is 34.9 Å². The first kappa shape index (κ1) is 21.9. The van der Waals surface area contributed by atoms with E-state index in [2.05, 4.69) is 5.32 Å². The van der Waals surface area contributed by atoms with Crippen LogP contribution in [0.5, 0.6) is 5.75 Å². The fraction of sp³-hybridized carbons (Fsp3) is 0.154. The quantitative estimate of drug-likeness (QED) is 0.256. The van der Waals surface area contributed by atoms with Gasteiger partial charge in [0.2, 0.25) is 0 Å². The third kappa shape index (κ3) is 4.20. The van der Waals surface area contributed by atoms with Crippen LogP contribution in [-0.2, 0) is 4.79 Å². The number of ketones is 1. The number of anilines is 1. The molecule has 1 amide bonds. The van der Waals surface area contributed by atoms with Gasteiger partial charge in [0, 0.05) is 5.56 Å². The molecule has 0 radical (unpaired) electrons. The van der Waals surface area contributed by atoms with Gasteiger partial charge in [0.1, 0.15) is 5.75 Å². The van der Waals surface area contributed by atoms with E-state index >= 15 is 0 Å². The topological polar surface area (TPSA) is 90.3 Å². The number of rotatable bonds is 6. The number of nitrogens with zero attached hydrogens (tertiary/aromatic N) is 2. The average molecular weight is 472 g/mol. The molecule has 0 spiro atoms. The van der Waals surface area contributed by atoms with Gasteiger partial charge in [-0.2, -0.15) is 0 Å². The van der Waals surface area contributed by atoms with Crippen molar-refractivity contribution in [1.29, 1.82) is 0 Å². The van der Waals surface area contributed by atoms with Crippen molar-refractivity contribution < 1.29 is 14.3 Å². The number of benzene rings is 3. The van der Waals surface area contributed by atoms with Crippen LogP contribution in [0.4, 0.5) is 5.69 Å². The number of carbonyl (C=O) groups is 2. The number of amides is 1. The van der Waals surface area contributed by atoms with Gasteiger partial charge in [-0.25, -0.2) is 4.98 Å². The lowest BCUT2D eigenvalue weighted by atomic mass is 10.1. The Balaban J connectivity index is 1.47. The summed E-state index contributed by atoms with van der Waals surface area (Å²) in [5.41, 5.74) is 2.34. The number of Topliss-reactive ketones (excluding diaryl/α,β-unsaturated/α-hetero) is 1. The molecule has 1 aliphatic heterocycles. The molecule has 1 unspecified atom stereocenters. The molecule has 2 heterocycles. The summed E-state index contributed by atoms with van der Waals surface area (Å²) in [6.07, 6.45) is 0. The van der Waals surface area contributed by atoms with Gasteiger partial charge in [0.15, 0.2) is 17.5 Å². The van der Waals surface area contributed by atoms with Crippen molar-refractivity contribution in [3.63, 3.8) is 0 Å². The maximum absolute atomic E-state index is 13.4. The van der Waals surface area contributed by atoms with E-state index in [0.717, 1.165) is 5.56 Å². The molecule has 1 atom stereocenters. The number of ether oxygens (including phenoxy) is 1. The average Bonchev–Trinajstić information content (AvgIpc) is 2.87. The largest absolute Gasteiger partial charge is 0.482 e. The standard InChI is InChI=1S/C26H21N3O4S/c1-16(17-7-3-2-4-8-17)29-25(32)19-9-5-6-10-20(19)28-26(29)34-15-22(30)18-11-12-23-21(13-18)27-24(31)14-33-23/h2-13,16H,14-15H2,1H3,(H,27,31). The van der Waals surface area contributed by atoms with E-state index in [0.29, 0.717) is 33.1 Å². The predicted octanol–water partition coefficient (Wildman–Crippen LogP) is 4.31. The summed E-state index contributed by atoms with van der Waals surface area (Å²) < 4.78 is 7.01. The molecule has 7 nitrogen and oxygen atoms in total. The van der Waals surface area contributed by atoms with Crippen LogP contribution in [0.15, 0.2) is 82.7 Å². The maximum atomic E-state index is 13.4. The molecular weight excluding hydrogens is 450 g/mol. The number of carbonyl (C=O) groups excluding carboxylic acids is 2. The molecule has 4 aromatic rings. The van der Waals surface area contributed by atoms with E-state index < -0.39 is 0 Å². The van der Waals surface area contributed by atoms with Crippen molar-refractivity contribution in [3.05, 3.63) is 94.3 Å². The lowest BCUT2D eigenvalue weighted by Crippen LogP contribution is -2.27. The van der Waals surface area contributed by atoms with Crippen LogP contribution < -0.4 is 15.6 Å². The summed E-state index contributed by atoms with van der Waals surface area (Å²) in [7, 11) is 0. The molecule has 1 aromatic heterocycles. The van der Waals surface area contributed by atoms with Gasteiger partial charge in [-0.15, -0.1) is 0 Å². The van der Waals surface area contributed by atoms with Crippen LogP contribution in [0.25, 0.3) is 10.9 Å². The Hall–Kier alpha value is -3.91. The van der Waals surface area contributed by atoms with Gasteiger partial charge >= 0.3 is 0 Å². The summed E-state index contributed by atoms with van der Waals surface area (Å²) >= 11 is 1.22. The van der Waals surface area contributed by atoms with Gasteiger partial charge in [-0.05, 0) is 42.8 Å². The van der Waals surface area contributed by atoms with Crippen LogP contribution in [0, 0.1) is 0 Å². The number of fused-ring (bicyclic) bond motifs is 2. The molecule has 5 rings (SSSR count). The second-order valence-electron chi connectivity index (χ2n) is 7.93. The number of hydrogen-bond acceptors (Lipinski definition) is 6. The molecular formula is C26H21N3O4S. The van der Waals surface area contributed by atoms with Gasteiger partial charge < -0.3 is 10.1 Å². The van der Waals surface area contributed by atoms with Gasteiger partial charge in [0.25, 0.3) is 11.5 Å². The normalized spacial score (nSPS) is 13.6. The number of nitrogens with one attached hydrogen (secondary N) is 1. The Labute approximate surface area is 199 Å². The van der Waals surface area contributed by atoms with E-state index in [1.165, 1.54) is 11.8 Å². The van der Waals surface area contributed by atoms with Gasteiger partial charge in [0.05, 0.1) is 28.4 Å². The van der Waals surface area contributed by atoms with E-state index in [4.69, 9.17) is 9.72 Å². The summed E-state index contributed by atoms with van der Waals surface area (Å²) in [6, 6.07) is 21.6. The Morgan fingerprint density at radius 2 is 1.85 bits per heavy atom. The van der Waals surface area contributed by atoms with Crippen molar-refractivity contribution in [2.45, 2.75) is 18.1 Å². The number of aromatic nitrogens is 2. The van der Waals surface area contributed by atoms with Gasteiger partial charge in [-0.1, -0.05) is 54.2 Å². The molecule has 1 N–H and O–H groups in total. The highest BCUT2D eigenvalue weighted by molar-refractivity contribution is 7.99. The molecule has 3 aromatic carbocycles. The second-order valence-corrected chi connectivity index (χ2v) is 8.88. The Morgan fingerprint density at radius 3 is 2.68 bits per heavy atom. The lowest BCUT2D eigenvalue weighted by Gasteiger charge is -2.20. The van der Waals surface area contributed by atoms with Crippen LogP contribution in [0.3, 0.4) is 0 Å². The summed E-state index contributed by atoms with van der Waals surface area (Å²) in [4.78, 5) is 42.8. The third-order valence-corrected chi connectivity index (χ3v) is 6.66. The Morgan fingerprint density at radius 1 is 1.09 bits per heavy atom.